The molecule has 0 fully saturated rings. The molecule has 2 amide bonds. The maximum Gasteiger partial charge on any atom is 0.326 e. The molecule has 0 saturated carbocycles. The zero-order valence-electron chi connectivity index (χ0n) is 20.8. The fraction of sp³-hybridized carbons (Fsp3) is 0.148. The number of rotatable bonds is 6. The number of nitrogens with zero attached hydrogens (tertiary/aromatic N) is 4. The van der Waals surface area contributed by atoms with E-state index in [9.17, 15) is 9.59 Å². The van der Waals surface area contributed by atoms with E-state index in [1.165, 1.54) is 9.47 Å². The lowest BCUT2D eigenvalue weighted by Gasteiger charge is -2.21. The molecule has 5 rings (SSSR count). The van der Waals surface area contributed by atoms with Crippen molar-refractivity contribution in [1.82, 2.24) is 19.3 Å². The summed E-state index contributed by atoms with van der Waals surface area (Å²) in [7, 11) is 1.59. The number of aryl methyl sites for hydroxylation is 1. The van der Waals surface area contributed by atoms with Gasteiger partial charge in [0.2, 0.25) is 5.91 Å². The highest BCUT2D eigenvalue weighted by Gasteiger charge is 2.20. The van der Waals surface area contributed by atoms with E-state index in [0.29, 0.717) is 27.7 Å². The molecule has 5 aromatic rings. The number of pyridine rings is 1. The summed E-state index contributed by atoms with van der Waals surface area (Å²) in [5, 5.41) is 4.28. The van der Waals surface area contributed by atoms with Gasteiger partial charge >= 0.3 is 6.03 Å². The van der Waals surface area contributed by atoms with Crippen molar-refractivity contribution in [2.24, 2.45) is 0 Å². The molecule has 2 aromatic carbocycles. The highest BCUT2D eigenvalue weighted by Crippen LogP contribution is 2.35. The monoisotopic (exact) mass is 649 g/mol. The van der Waals surface area contributed by atoms with Crippen LogP contribution in [-0.4, -0.2) is 39.5 Å². The molecule has 8 nitrogen and oxygen atoms in total. The van der Waals surface area contributed by atoms with Gasteiger partial charge in [0.25, 0.3) is 0 Å². The molecule has 202 valence electrons. The van der Waals surface area contributed by atoms with Crippen LogP contribution in [0, 0.1) is 6.92 Å². The minimum absolute atomic E-state index is 0. The van der Waals surface area contributed by atoms with Crippen LogP contribution in [0.5, 0.6) is 5.75 Å². The number of nitrogens with one attached hydrogen (secondary N) is 1. The van der Waals surface area contributed by atoms with Crippen LogP contribution >= 0.6 is 51.5 Å². The number of benzene rings is 2. The Morgan fingerprint density at radius 3 is 2.64 bits per heavy atom. The number of carbonyl (C=O) groups excluding carboxylic acids is 2. The number of amides is 2. The van der Waals surface area contributed by atoms with Crippen molar-refractivity contribution in [3.8, 4) is 5.75 Å². The average Bonchev–Trinajstić information content (AvgIpc) is 3.48. The van der Waals surface area contributed by atoms with Crippen molar-refractivity contribution in [2.75, 3.05) is 18.5 Å². The number of fused-ring (bicyclic) bond motifs is 2. The number of carbonyl (C=O) groups is 2. The molecular formula is C27H23BrCl3N5O3. The smallest absolute Gasteiger partial charge is 0.326 e. The lowest BCUT2D eigenvalue weighted by Crippen LogP contribution is -2.39. The Morgan fingerprint density at radius 2 is 1.85 bits per heavy atom. The highest BCUT2D eigenvalue weighted by atomic mass is 79.9. The molecule has 39 heavy (non-hydrogen) atoms. The molecule has 0 radical (unpaired) electrons. The van der Waals surface area contributed by atoms with Crippen molar-refractivity contribution >= 4 is 85.7 Å². The van der Waals surface area contributed by atoms with Crippen molar-refractivity contribution in [3.05, 3.63) is 92.9 Å². The quantitative estimate of drug-likeness (QED) is 0.217. The molecule has 12 heteroatoms. The van der Waals surface area contributed by atoms with Crippen molar-refractivity contribution in [2.45, 2.75) is 13.5 Å². The molecule has 1 N–H and O–H groups in total. The second-order valence-electron chi connectivity index (χ2n) is 8.56. The number of imidazole rings is 1. The Kier molecular flexibility index (Phi) is 8.76. The minimum Gasteiger partial charge on any atom is -0.485 e. The number of ether oxygens (including phenoxy) is 1. The van der Waals surface area contributed by atoms with Gasteiger partial charge in [-0.3, -0.25) is 13.8 Å². The first kappa shape index (κ1) is 28.8. The van der Waals surface area contributed by atoms with Crippen LogP contribution < -0.4 is 15.0 Å². The molecule has 0 aliphatic rings. The molecule has 0 bridgehead atoms. The number of hydrogen-bond donors (Lipinski definition) is 1. The second kappa shape index (κ2) is 11.9. The predicted molar refractivity (Wildman–Crippen MR) is 160 cm³/mol. The van der Waals surface area contributed by atoms with E-state index in [-0.39, 0.29) is 36.5 Å². The number of halogens is 4. The van der Waals surface area contributed by atoms with E-state index < -0.39 is 6.03 Å². The summed E-state index contributed by atoms with van der Waals surface area (Å²) in [5.74, 6) is 0.205. The average molecular weight is 652 g/mol. The molecular weight excluding hydrogens is 629 g/mol. The lowest BCUT2D eigenvalue weighted by atomic mass is 10.2. The van der Waals surface area contributed by atoms with Gasteiger partial charge in [0.15, 0.2) is 11.4 Å². The number of para-hydroxylation sites is 1. The van der Waals surface area contributed by atoms with Crippen LogP contribution in [0.2, 0.25) is 10.0 Å². The van der Waals surface area contributed by atoms with Crippen molar-refractivity contribution in [3.63, 3.8) is 0 Å². The summed E-state index contributed by atoms with van der Waals surface area (Å²) >= 11 is 16.7. The molecule has 0 unspecified atom stereocenters. The predicted octanol–water partition coefficient (Wildman–Crippen LogP) is 6.89. The van der Waals surface area contributed by atoms with Gasteiger partial charge in [-0.15, -0.1) is 12.4 Å². The third-order valence-corrected chi connectivity index (χ3v) is 7.93. The summed E-state index contributed by atoms with van der Waals surface area (Å²) < 4.78 is 10.2. The van der Waals surface area contributed by atoms with Gasteiger partial charge in [-0.2, -0.15) is 0 Å². The van der Waals surface area contributed by atoms with E-state index in [0.717, 1.165) is 21.2 Å². The van der Waals surface area contributed by atoms with Crippen LogP contribution in [0.25, 0.3) is 16.6 Å². The van der Waals surface area contributed by atoms with Crippen molar-refractivity contribution in [1.29, 1.82) is 0 Å². The highest BCUT2D eigenvalue weighted by molar-refractivity contribution is 9.10. The van der Waals surface area contributed by atoms with Crippen LogP contribution in [0.4, 0.5) is 10.5 Å². The summed E-state index contributed by atoms with van der Waals surface area (Å²) in [6, 6.07) is 15.9. The maximum absolute atomic E-state index is 13.0. The van der Waals surface area contributed by atoms with Gasteiger partial charge in [-0.1, -0.05) is 41.4 Å². The molecule has 0 spiro atoms. The summed E-state index contributed by atoms with van der Waals surface area (Å²) in [6.07, 6.45) is 3.55. The molecule has 0 aliphatic carbocycles. The Balaban J connectivity index is 0.00000353. The molecule has 3 heterocycles. The third-order valence-electron chi connectivity index (χ3n) is 6.20. The van der Waals surface area contributed by atoms with Gasteiger partial charge in [0.1, 0.15) is 11.2 Å². The molecule has 0 aliphatic heterocycles. The van der Waals surface area contributed by atoms with E-state index >= 15 is 0 Å². The topological polar surface area (TPSA) is 80.9 Å². The molecule has 0 atom stereocenters. The number of aromatic nitrogens is 3. The maximum atomic E-state index is 13.0. The largest absolute Gasteiger partial charge is 0.485 e. The van der Waals surface area contributed by atoms with Gasteiger partial charge in [-0.05, 0) is 59.3 Å². The first-order valence-electron chi connectivity index (χ1n) is 11.6. The Bertz CT molecular complexity index is 1700. The van der Waals surface area contributed by atoms with Gasteiger partial charge in [0, 0.05) is 35.4 Å². The number of likely N-dealkylation sites (N-methyl/N-ethyl adjacent to an activating group) is 1. The Hall–Kier alpha value is -3.24. The van der Waals surface area contributed by atoms with Gasteiger partial charge in [-0.25, -0.2) is 9.78 Å². The first-order valence-corrected chi connectivity index (χ1v) is 13.1. The van der Waals surface area contributed by atoms with E-state index in [2.05, 4.69) is 26.2 Å². The zero-order chi connectivity index (χ0) is 27.0. The fourth-order valence-corrected chi connectivity index (χ4v) is 5.10. The van der Waals surface area contributed by atoms with E-state index in [4.69, 9.17) is 27.9 Å². The first-order chi connectivity index (χ1) is 18.3. The third kappa shape index (κ3) is 5.58. The number of anilines is 1. The van der Waals surface area contributed by atoms with Crippen molar-refractivity contribution < 1.29 is 14.3 Å². The zero-order valence-corrected chi connectivity index (χ0v) is 24.7. The summed E-state index contributed by atoms with van der Waals surface area (Å²) in [5.41, 5.74) is 3.20. The second-order valence-corrected chi connectivity index (χ2v) is 10.1. The van der Waals surface area contributed by atoms with Crippen LogP contribution in [0.15, 0.2) is 71.6 Å². The summed E-state index contributed by atoms with van der Waals surface area (Å²) in [4.78, 5) is 31.6. The van der Waals surface area contributed by atoms with Gasteiger partial charge < -0.3 is 15.0 Å². The fourth-order valence-electron chi connectivity index (χ4n) is 4.12. The standard InChI is InChI=1S/C27H22BrCl2N5O3.ClH/c1-16-25(28)35-12-5-8-22(26(35)32-16)38-15-18-19(29)9-10-21(24(18)30)33(2)23(36)14-31-27(37)34-13-11-17-6-3-4-7-20(17)34;/h3-13H,14-15H2,1-2H3,(H,31,37);1H. The molecule has 3 aromatic heterocycles. The van der Waals surface area contributed by atoms with E-state index in [1.807, 2.05) is 60.0 Å². The normalized spacial score (nSPS) is 10.9. The van der Waals surface area contributed by atoms with E-state index in [1.54, 1.807) is 25.4 Å². The van der Waals surface area contributed by atoms with Crippen LogP contribution in [-0.2, 0) is 11.4 Å². The Labute approximate surface area is 249 Å². The van der Waals surface area contributed by atoms with Crippen LogP contribution in [0.1, 0.15) is 11.3 Å². The summed E-state index contributed by atoms with van der Waals surface area (Å²) in [6.45, 7) is 1.74. The Morgan fingerprint density at radius 1 is 1.08 bits per heavy atom. The lowest BCUT2D eigenvalue weighted by molar-refractivity contribution is -0.117. The van der Waals surface area contributed by atoms with Gasteiger partial charge in [0.05, 0.1) is 28.5 Å². The SMILES string of the molecule is Cc1nc2c(OCc3c(Cl)ccc(N(C)C(=O)CNC(=O)n4ccc5ccccc54)c3Cl)cccn2c1Br.Cl. The number of hydrogen-bond acceptors (Lipinski definition) is 4. The molecule has 0 saturated heterocycles. The minimum atomic E-state index is -0.403. The van der Waals surface area contributed by atoms with Crippen LogP contribution in [0.3, 0.4) is 0 Å².